The molecule has 0 saturated carbocycles. The molecule has 1 N–H and O–H groups in total. The number of hydrogen-bond donors (Lipinski definition) is 1. The van der Waals surface area contributed by atoms with Crippen LogP contribution in [0.2, 0.25) is 0 Å². The van der Waals surface area contributed by atoms with Gasteiger partial charge < -0.3 is 5.11 Å². The third-order valence-electron chi connectivity index (χ3n) is 2.71. The zero-order chi connectivity index (χ0) is 12.4. The van der Waals surface area contributed by atoms with Crippen LogP contribution in [0.4, 0.5) is 0 Å². The Bertz CT molecular complexity index is 561. The number of carboxylic acids is 1. The molecule has 1 aromatic carbocycles. The lowest BCUT2D eigenvalue weighted by molar-refractivity contribution is -0.137. The van der Waals surface area contributed by atoms with Crippen LogP contribution in [0.1, 0.15) is 11.1 Å². The van der Waals surface area contributed by atoms with Gasteiger partial charge in [0.05, 0.1) is 11.9 Å². The lowest BCUT2D eigenvalue weighted by Gasteiger charge is -2.06. The largest absolute Gasteiger partial charge is 0.480 e. The second kappa shape index (κ2) is 4.37. The molecule has 17 heavy (non-hydrogen) atoms. The Balaban J connectivity index is 2.42. The van der Waals surface area contributed by atoms with Crippen molar-refractivity contribution in [1.29, 1.82) is 0 Å². The third-order valence-corrected chi connectivity index (χ3v) is 2.71. The SMILES string of the molecule is Cc1ccc(-c2cnnn2CC(=O)O)cc1C. The zero-order valence-electron chi connectivity index (χ0n) is 9.71. The summed E-state index contributed by atoms with van der Waals surface area (Å²) >= 11 is 0. The van der Waals surface area contributed by atoms with E-state index >= 15 is 0 Å². The molecule has 1 heterocycles. The van der Waals surface area contributed by atoms with E-state index in [0.717, 1.165) is 16.8 Å². The van der Waals surface area contributed by atoms with Crippen LogP contribution in [0.3, 0.4) is 0 Å². The highest BCUT2D eigenvalue weighted by atomic mass is 16.4. The van der Waals surface area contributed by atoms with E-state index in [-0.39, 0.29) is 6.54 Å². The van der Waals surface area contributed by atoms with Gasteiger partial charge in [-0.3, -0.25) is 4.79 Å². The van der Waals surface area contributed by atoms with Gasteiger partial charge in [-0.1, -0.05) is 17.3 Å². The predicted octanol–water partition coefficient (Wildman–Crippen LogP) is 1.65. The predicted molar refractivity (Wildman–Crippen MR) is 62.6 cm³/mol. The van der Waals surface area contributed by atoms with E-state index < -0.39 is 5.97 Å². The maximum absolute atomic E-state index is 10.7. The Morgan fingerprint density at radius 1 is 1.35 bits per heavy atom. The number of carboxylic acid groups (broad SMARTS) is 1. The second-order valence-electron chi connectivity index (χ2n) is 3.97. The van der Waals surface area contributed by atoms with Gasteiger partial charge >= 0.3 is 5.97 Å². The van der Waals surface area contributed by atoms with Crippen LogP contribution in [0.25, 0.3) is 11.3 Å². The number of nitrogens with zero attached hydrogens (tertiary/aromatic N) is 3. The van der Waals surface area contributed by atoms with Crippen molar-refractivity contribution < 1.29 is 9.90 Å². The minimum Gasteiger partial charge on any atom is -0.480 e. The van der Waals surface area contributed by atoms with Gasteiger partial charge in [-0.25, -0.2) is 4.68 Å². The molecule has 5 nitrogen and oxygen atoms in total. The average molecular weight is 231 g/mol. The summed E-state index contributed by atoms with van der Waals surface area (Å²) in [5.74, 6) is -0.930. The molecule has 0 bridgehead atoms. The van der Waals surface area contributed by atoms with E-state index in [1.54, 1.807) is 6.20 Å². The maximum Gasteiger partial charge on any atom is 0.325 e. The van der Waals surface area contributed by atoms with E-state index in [4.69, 9.17) is 5.11 Å². The molecular weight excluding hydrogens is 218 g/mol. The summed E-state index contributed by atoms with van der Waals surface area (Å²) in [4.78, 5) is 10.7. The summed E-state index contributed by atoms with van der Waals surface area (Å²) in [6, 6.07) is 5.95. The van der Waals surface area contributed by atoms with Crippen LogP contribution in [0.15, 0.2) is 24.4 Å². The average Bonchev–Trinajstić information content (AvgIpc) is 2.69. The number of hydrogen-bond acceptors (Lipinski definition) is 3. The third kappa shape index (κ3) is 2.33. The number of aliphatic carboxylic acids is 1. The lowest BCUT2D eigenvalue weighted by Crippen LogP contribution is -2.11. The molecule has 2 aromatic rings. The molecule has 0 aliphatic heterocycles. The van der Waals surface area contributed by atoms with Gasteiger partial charge in [-0.2, -0.15) is 0 Å². The Labute approximate surface area is 98.7 Å². The Morgan fingerprint density at radius 3 is 2.76 bits per heavy atom. The topological polar surface area (TPSA) is 68.0 Å². The van der Waals surface area contributed by atoms with Crippen molar-refractivity contribution in [2.45, 2.75) is 20.4 Å². The fraction of sp³-hybridized carbons (Fsp3) is 0.250. The van der Waals surface area contributed by atoms with Crippen LogP contribution in [-0.4, -0.2) is 26.1 Å². The van der Waals surface area contributed by atoms with Gasteiger partial charge in [0.2, 0.25) is 0 Å². The smallest absolute Gasteiger partial charge is 0.325 e. The molecule has 0 saturated heterocycles. The summed E-state index contributed by atoms with van der Waals surface area (Å²) in [6.07, 6.45) is 1.58. The molecule has 0 radical (unpaired) electrons. The van der Waals surface area contributed by atoms with E-state index in [2.05, 4.69) is 10.3 Å². The molecule has 0 atom stereocenters. The van der Waals surface area contributed by atoms with E-state index in [9.17, 15) is 4.79 Å². The minimum absolute atomic E-state index is 0.178. The minimum atomic E-state index is -0.930. The summed E-state index contributed by atoms with van der Waals surface area (Å²) in [5.41, 5.74) is 4.01. The van der Waals surface area contributed by atoms with Crippen molar-refractivity contribution in [2.75, 3.05) is 0 Å². The van der Waals surface area contributed by atoms with Crippen LogP contribution >= 0.6 is 0 Å². The lowest BCUT2D eigenvalue weighted by atomic mass is 10.0. The fourth-order valence-electron chi connectivity index (χ4n) is 1.63. The summed E-state index contributed by atoms with van der Waals surface area (Å²) in [7, 11) is 0. The van der Waals surface area contributed by atoms with Crippen molar-refractivity contribution in [1.82, 2.24) is 15.0 Å². The Hall–Kier alpha value is -2.17. The van der Waals surface area contributed by atoms with Crippen molar-refractivity contribution >= 4 is 5.97 Å². The molecule has 2 rings (SSSR count). The zero-order valence-corrected chi connectivity index (χ0v) is 9.71. The fourth-order valence-corrected chi connectivity index (χ4v) is 1.63. The van der Waals surface area contributed by atoms with E-state index in [0.29, 0.717) is 0 Å². The molecule has 1 aromatic heterocycles. The molecule has 0 unspecified atom stereocenters. The standard InChI is InChI=1S/C12H13N3O2/c1-8-3-4-10(5-9(8)2)11-6-13-14-15(11)7-12(16)17/h3-6H,7H2,1-2H3,(H,16,17). The Kier molecular flexibility index (Phi) is 2.91. The molecule has 88 valence electrons. The Morgan fingerprint density at radius 2 is 2.12 bits per heavy atom. The monoisotopic (exact) mass is 231 g/mol. The number of rotatable bonds is 3. The molecule has 0 amide bonds. The maximum atomic E-state index is 10.7. The quantitative estimate of drug-likeness (QED) is 0.872. The van der Waals surface area contributed by atoms with Crippen LogP contribution in [0.5, 0.6) is 0 Å². The van der Waals surface area contributed by atoms with Crippen molar-refractivity contribution in [3.63, 3.8) is 0 Å². The normalized spacial score (nSPS) is 10.5. The van der Waals surface area contributed by atoms with Gasteiger partial charge in [0.1, 0.15) is 6.54 Å². The number of aryl methyl sites for hydroxylation is 2. The first-order valence-electron chi connectivity index (χ1n) is 5.26. The van der Waals surface area contributed by atoms with Gasteiger partial charge in [0.25, 0.3) is 0 Å². The first-order chi connectivity index (χ1) is 8.08. The van der Waals surface area contributed by atoms with Crippen LogP contribution in [0, 0.1) is 13.8 Å². The molecule has 0 spiro atoms. The van der Waals surface area contributed by atoms with Gasteiger partial charge in [-0.15, -0.1) is 5.10 Å². The number of benzene rings is 1. The van der Waals surface area contributed by atoms with E-state index in [1.807, 2.05) is 32.0 Å². The van der Waals surface area contributed by atoms with Crippen molar-refractivity contribution in [2.24, 2.45) is 0 Å². The van der Waals surface area contributed by atoms with E-state index in [1.165, 1.54) is 10.2 Å². The van der Waals surface area contributed by atoms with Crippen LogP contribution < -0.4 is 0 Å². The van der Waals surface area contributed by atoms with Gasteiger partial charge in [0, 0.05) is 5.56 Å². The molecule has 0 aliphatic carbocycles. The highest BCUT2D eigenvalue weighted by Crippen LogP contribution is 2.20. The van der Waals surface area contributed by atoms with Crippen LogP contribution in [-0.2, 0) is 11.3 Å². The molecule has 0 aliphatic rings. The van der Waals surface area contributed by atoms with Crippen molar-refractivity contribution in [3.05, 3.63) is 35.5 Å². The second-order valence-corrected chi connectivity index (χ2v) is 3.97. The number of carbonyl (C=O) groups is 1. The molecule has 0 fully saturated rings. The first-order valence-corrected chi connectivity index (χ1v) is 5.26. The summed E-state index contributed by atoms with van der Waals surface area (Å²) in [5, 5.41) is 16.3. The summed E-state index contributed by atoms with van der Waals surface area (Å²) < 4.78 is 1.38. The molecule has 5 heteroatoms. The number of aromatic nitrogens is 3. The van der Waals surface area contributed by atoms with Gasteiger partial charge in [-0.05, 0) is 31.0 Å². The summed E-state index contributed by atoms with van der Waals surface area (Å²) in [6.45, 7) is 3.87. The highest BCUT2D eigenvalue weighted by Gasteiger charge is 2.10. The van der Waals surface area contributed by atoms with Crippen molar-refractivity contribution in [3.8, 4) is 11.3 Å². The highest BCUT2D eigenvalue weighted by molar-refractivity contribution is 5.68. The molecular formula is C12H13N3O2. The van der Waals surface area contributed by atoms with Gasteiger partial charge in [0.15, 0.2) is 0 Å². The first kappa shape index (κ1) is 11.3.